The number of benzene rings is 1. The van der Waals surface area contributed by atoms with Crippen LogP contribution in [0.2, 0.25) is 5.02 Å². The summed E-state index contributed by atoms with van der Waals surface area (Å²) >= 11 is 5.79. The van der Waals surface area contributed by atoms with E-state index in [1.165, 1.54) is 0 Å². The van der Waals surface area contributed by atoms with Crippen molar-refractivity contribution in [2.75, 3.05) is 19.7 Å². The molecule has 1 aliphatic heterocycles. The molecule has 0 aromatic heterocycles. The molecular formula is C14H18ClNO3. The van der Waals surface area contributed by atoms with E-state index in [0.29, 0.717) is 11.6 Å². The highest BCUT2D eigenvalue weighted by Crippen LogP contribution is 2.24. The second-order valence-corrected chi connectivity index (χ2v) is 5.25. The van der Waals surface area contributed by atoms with Crippen LogP contribution in [0.3, 0.4) is 0 Å². The summed E-state index contributed by atoms with van der Waals surface area (Å²) in [5, 5.41) is 9.75. The van der Waals surface area contributed by atoms with Crippen LogP contribution in [0, 0.1) is 5.92 Å². The predicted molar refractivity (Wildman–Crippen MR) is 73.7 cm³/mol. The Morgan fingerprint density at radius 1 is 1.47 bits per heavy atom. The monoisotopic (exact) mass is 283 g/mol. The van der Waals surface area contributed by atoms with Gasteiger partial charge >= 0.3 is 5.97 Å². The Kier molecular flexibility index (Phi) is 4.66. The zero-order chi connectivity index (χ0) is 13.8. The first kappa shape index (κ1) is 14.2. The van der Waals surface area contributed by atoms with Crippen molar-refractivity contribution in [2.45, 2.75) is 19.4 Å². The molecule has 1 saturated heterocycles. The summed E-state index contributed by atoms with van der Waals surface area (Å²) in [5.74, 6) is -0.171. The third-order valence-corrected chi connectivity index (χ3v) is 3.92. The molecule has 0 spiro atoms. The van der Waals surface area contributed by atoms with Gasteiger partial charge in [0.1, 0.15) is 12.4 Å². The number of halogens is 1. The van der Waals surface area contributed by atoms with Gasteiger partial charge in [-0.15, -0.1) is 0 Å². The Balaban J connectivity index is 1.77. The number of hydrogen-bond donors (Lipinski definition) is 1. The Hall–Kier alpha value is -1.26. The van der Waals surface area contributed by atoms with Gasteiger partial charge in [0.25, 0.3) is 0 Å². The number of hydrogen-bond acceptors (Lipinski definition) is 3. The van der Waals surface area contributed by atoms with Crippen LogP contribution in [0.5, 0.6) is 5.75 Å². The minimum Gasteiger partial charge on any atom is -0.492 e. The fourth-order valence-electron chi connectivity index (χ4n) is 2.46. The zero-order valence-electron chi connectivity index (χ0n) is 10.9. The van der Waals surface area contributed by atoms with E-state index in [0.717, 1.165) is 25.3 Å². The predicted octanol–water partition coefficient (Wildman–Crippen LogP) is 2.51. The van der Waals surface area contributed by atoms with Crippen LogP contribution < -0.4 is 4.74 Å². The van der Waals surface area contributed by atoms with Crippen LogP contribution in [-0.2, 0) is 4.79 Å². The maximum atomic E-state index is 11.0. The molecule has 0 radical (unpaired) electrons. The summed E-state index contributed by atoms with van der Waals surface area (Å²) in [4.78, 5) is 13.2. The SMILES string of the molecule is CC1C(C(=O)O)CCN1CCOc1ccc(Cl)cc1. The van der Waals surface area contributed by atoms with E-state index in [1.54, 1.807) is 12.1 Å². The summed E-state index contributed by atoms with van der Waals surface area (Å²) in [6, 6.07) is 7.31. The summed E-state index contributed by atoms with van der Waals surface area (Å²) in [6.07, 6.45) is 0.720. The van der Waals surface area contributed by atoms with Gasteiger partial charge in [0.2, 0.25) is 0 Å². The normalized spacial score (nSPS) is 23.5. The molecule has 1 aliphatic rings. The summed E-state index contributed by atoms with van der Waals surface area (Å²) in [5.41, 5.74) is 0. The van der Waals surface area contributed by atoms with Crippen LogP contribution in [-0.4, -0.2) is 41.7 Å². The van der Waals surface area contributed by atoms with Crippen molar-refractivity contribution < 1.29 is 14.6 Å². The standard InChI is InChI=1S/C14H18ClNO3/c1-10-13(14(17)18)6-7-16(10)8-9-19-12-4-2-11(15)3-5-12/h2-5,10,13H,6-9H2,1H3,(H,17,18). The first-order valence-corrected chi connectivity index (χ1v) is 6.81. The molecule has 1 aromatic rings. The van der Waals surface area contributed by atoms with Crippen molar-refractivity contribution >= 4 is 17.6 Å². The molecule has 1 N–H and O–H groups in total. The highest BCUT2D eigenvalue weighted by Gasteiger charge is 2.35. The molecule has 2 rings (SSSR count). The number of carboxylic acids is 1. The third-order valence-electron chi connectivity index (χ3n) is 3.66. The van der Waals surface area contributed by atoms with Gasteiger partial charge in [-0.25, -0.2) is 0 Å². The Labute approximate surface area is 117 Å². The fourth-order valence-corrected chi connectivity index (χ4v) is 2.59. The number of carbonyl (C=O) groups is 1. The van der Waals surface area contributed by atoms with E-state index in [-0.39, 0.29) is 12.0 Å². The molecular weight excluding hydrogens is 266 g/mol. The topological polar surface area (TPSA) is 49.8 Å². The summed E-state index contributed by atoms with van der Waals surface area (Å²) in [6.45, 7) is 4.09. The molecule has 0 bridgehead atoms. The van der Waals surface area contributed by atoms with Gasteiger partial charge in [-0.05, 0) is 44.2 Å². The van der Waals surface area contributed by atoms with E-state index in [9.17, 15) is 4.79 Å². The molecule has 1 aromatic carbocycles. The maximum absolute atomic E-state index is 11.0. The minimum absolute atomic E-state index is 0.0753. The molecule has 1 fully saturated rings. The largest absolute Gasteiger partial charge is 0.492 e. The lowest BCUT2D eigenvalue weighted by atomic mass is 10.0. The van der Waals surface area contributed by atoms with Crippen LogP contribution >= 0.6 is 11.6 Å². The van der Waals surface area contributed by atoms with Crippen LogP contribution in [0.15, 0.2) is 24.3 Å². The average molecular weight is 284 g/mol. The molecule has 2 unspecified atom stereocenters. The highest BCUT2D eigenvalue weighted by atomic mass is 35.5. The summed E-state index contributed by atoms with van der Waals surface area (Å²) in [7, 11) is 0. The number of likely N-dealkylation sites (tertiary alicyclic amines) is 1. The molecule has 2 atom stereocenters. The van der Waals surface area contributed by atoms with Crippen molar-refractivity contribution in [3.8, 4) is 5.75 Å². The van der Waals surface area contributed by atoms with E-state index < -0.39 is 5.97 Å². The number of rotatable bonds is 5. The second kappa shape index (κ2) is 6.26. The average Bonchev–Trinajstić information content (AvgIpc) is 2.74. The lowest BCUT2D eigenvalue weighted by molar-refractivity contribution is -0.142. The van der Waals surface area contributed by atoms with E-state index in [1.807, 2.05) is 19.1 Å². The van der Waals surface area contributed by atoms with Gasteiger partial charge in [0.05, 0.1) is 5.92 Å². The molecule has 0 saturated carbocycles. The van der Waals surface area contributed by atoms with Crippen LogP contribution in [0.4, 0.5) is 0 Å². The first-order chi connectivity index (χ1) is 9.08. The van der Waals surface area contributed by atoms with Gasteiger partial charge in [0.15, 0.2) is 0 Å². The Bertz CT molecular complexity index is 435. The fraction of sp³-hybridized carbons (Fsp3) is 0.500. The van der Waals surface area contributed by atoms with Crippen molar-refractivity contribution in [3.05, 3.63) is 29.3 Å². The summed E-state index contributed by atoms with van der Waals surface area (Å²) < 4.78 is 5.62. The number of carboxylic acid groups (broad SMARTS) is 1. The number of ether oxygens (including phenoxy) is 1. The Morgan fingerprint density at radius 2 is 2.16 bits per heavy atom. The Morgan fingerprint density at radius 3 is 2.74 bits per heavy atom. The van der Waals surface area contributed by atoms with Gasteiger partial charge < -0.3 is 9.84 Å². The molecule has 0 amide bonds. The number of nitrogens with zero attached hydrogens (tertiary/aromatic N) is 1. The lowest BCUT2D eigenvalue weighted by Gasteiger charge is -2.22. The minimum atomic E-state index is -0.700. The molecule has 5 heteroatoms. The first-order valence-electron chi connectivity index (χ1n) is 6.43. The van der Waals surface area contributed by atoms with Crippen molar-refractivity contribution in [1.82, 2.24) is 4.90 Å². The van der Waals surface area contributed by atoms with E-state index in [4.69, 9.17) is 21.4 Å². The molecule has 0 aliphatic carbocycles. The third kappa shape index (κ3) is 3.61. The molecule has 1 heterocycles. The molecule has 4 nitrogen and oxygen atoms in total. The van der Waals surface area contributed by atoms with Crippen molar-refractivity contribution in [1.29, 1.82) is 0 Å². The second-order valence-electron chi connectivity index (χ2n) is 4.81. The lowest BCUT2D eigenvalue weighted by Crippen LogP contribution is -2.35. The van der Waals surface area contributed by atoms with Gasteiger partial charge in [-0.2, -0.15) is 0 Å². The van der Waals surface area contributed by atoms with Crippen LogP contribution in [0.1, 0.15) is 13.3 Å². The zero-order valence-corrected chi connectivity index (χ0v) is 11.6. The molecule has 19 heavy (non-hydrogen) atoms. The maximum Gasteiger partial charge on any atom is 0.308 e. The van der Waals surface area contributed by atoms with Gasteiger partial charge in [0, 0.05) is 17.6 Å². The van der Waals surface area contributed by atoms with Crippen molar-refractivity contribution in [3.63, 3.8) is 0 Å². The quantitative estimate of drug-likeness (QED) is 0.902. The van der Waals surface area contributed by atoms with Gasteiger partial charge in [-0.3, -0.25) is 9.69 Å². The highest BCUT2D eigenvalue weighted by molar-refractivity contribution is 6.30. The van der Waals surface area contributed by atoms with E-state index in [2.05, 4.69) is 4.90 Å². The molecule has 104 valence electrons. The smallest absolute Gasteiger partial charge is 0.308 e. The number of aliphatic carboxylic acids is 1. The van der Waals surface area contributed by atoms with Gasteiger partial charge in [-0.1, -0.05) is 11.6 Å². The van der Waals surface area contributed by atoms with Crippen LogP contribution in [0.25, 0.3) is 0 Å². The van der Waals surface area contributed by atoms with E-state index >= 15 is 0 Å². The van der Waals surface area contributed by atoms with Crippen molar-refractivity contribution in [2.24, 2.45) is 5.92 Å².